The maximum absolute atomic E-state index is 13.5. The second-order valence-electron chi connectivity index (χ2n) is 6.91. The number of carbonyl (C=O) groups is 1. The summed E-state index contributed by atoms with van der Waals surface area (Å²) in [5.74, 6) is -1.41. The molecule has 1 N–H and O–H groups in total. The van der Waals surface area contributed by atoms with Crippen molar-refractivity contribution in [3.8, 4) is 5.88 Å². The van der Waals surface area contributed by atoms with Crippen molar-refractivity contribution in [2.75, 3.05) is 11.4 Å². The van der Waals surface area contributed by atoms with Crippen LogP contribution in [0.3, 0.4) is 0 Å². The minimum atomic E-state index is -4.11. The Morgan fingerprint density at radius 2 is 1.90 bits per heavy atom. The highest BCUT2D eigenvalue weighted by molar-refractivity contribution is 7.93. The van der Waals surface area contributed by atoms with Crippen LogP contribution in [0.1, 0.15) is 18.2 Å². The van der Waals surface area contributed by atoms with Crippen LogP contribution in [0.4, 0.5) is 11.5 Å². The lowest BCUT2D eigenvalue weighted by Gasteiger charge is -2.24. The monoisotopic (exact) mass is 442 g/mol. The Hall–Kier alpha value is -3.53. The molecule has 0 spiro atoms. The Morgan fingerprint density at radius 3 is 2.48 bits per heavy atom. The Kier molecular flexibility index (Phi) is 6.50. The van der Waals surface area contributed by atoms with Crippen LogP contribution in [0.15, 0.2) is 59.9 Å². The van der Waals surface area contributed by atoms with Crippen LogP contribution in [0.5, 0.6) is 5.88 Å². The second-order valence-corrected chi connectivity index (χ2v) is 8.70. The van der Waals surface area contributed by atoms with E-state index in [2.05, 4.69) is 15.0 Å². The average molecular weight is 442 g/mol. The molecule has 10 heteroatoms. The summed E-state index contributed by atoms with van der Waals surface area (Å²) >= 11 is 0. The summed E-state index contributed by atoms with van der Waals surface area (Å²) in [4.78, 5) is 23.5. The molecular formula is C21H22N4O5S. The topological polar surface area (TPSA) is 123 Å². The molecule has 31 heavy (non-hydrogen) atoms. The van der Waals surface area contributed by atoms with Crippen molar-refractivity contribution in [3.05, 3.63) is 66.2 Å². The van der Waals surface area contributed by atoms with Crippen LogP contribution in [0.25, 0.3) is 0 Å². The van der Waals surface area contributed by atoms with Crippen molar-refractivity contribution < 1.29 is 23.1 Å². The van der Waals surface area contributed by atoms with Gasteiger partial charge in [-0.25, -0.2) is 22.7 Å². The van der Waals surface area contributed by atoms with Gasteiger partial charge in [-0.2, -0.15) is 0 Å². The number of methoxy groups -OCH3 is 1. The molecule has 9 nitrogen and oxygen atoms in total. The Labute approximate surface area is 180 Å². The van der Waals surface area contributed by atoms with E-state index in [4.69, 9.17) is 9.84 Å². The number of anilines is 2. The highest BCUT2D eigenvalue weighted by atomic mass is 32.2. The van der Waals surface area contributed by atoms with Gasteiger partial charge < -0.3 is 9.84 Å². The summed E-state index contributed by atoms with van der Waals surface area (Å²) in [7, 11) is -2.72. The predicted molar refractivity (Wildman–Crippen MR) is 114 cm³/mol. The standard InChI is InChI=1S/C21H22N4O5S/c1-14(21(26)27)11-16-6-8-17(9-7-16)25(19-20(30-3)24-15(2)12-23-19)31(28,29)18-5-4-10-22-13-18/h4-10,12-14H,11H2,1-3H3,(H,26,27). The normalized spacial score (nSPS) is 12.2. The zero-order valence-electron chi connectivity index (χ0n) is 17.3. The predicted octanol–water partition coefficient (Wildman–Crippen LogP) is 2.98. The molecule has 3 aromatic rings. The van der Waals surface area contributed by atoms with E-state index in [0.717, 1.165) is 9.87 Å². The molecule has 2 aromatic heterocycles. The number of hydrogen-bond donors (Lipinski definition) is 1. The summed E-state index contributed by atoms with van der Waals surface area (Å²) in [6, 6.07) is 9.53. The van der Waals surface area contributed by atoms with E-state index in [0.29, 0.717) is 17.8 Å². The molecule has 2 heterocycles. The van der Waals surface area contributed by atoms with E-state index < -0.39 is 21.9 Å². The number of benzene rings is 1. The second kappa shape index (κ2) is 9.09. The van der Waals surface area contributed by atoms with Crippen molar-refractivity contribution in [1.29, 1.82) is 0 Å². The quantitative estimate of drug-likeness (QED) is 0.565. The fraction of sp³-hybridized carbons (Fsp3) is 0.238. The molecule has 0 amide bonds. The van der Waals surface area contributed by atoms with Crippen molar-refractivity contribution in [2.24, 2.45) is 5.92 Å². The molecule has 0 aliphatic rings. The first-order valence-electron chi connectivity index (χ1n) is 9.38. The molecule has 162 valence electrons. The summed E-state index contributed by atoms with van der Waals surface area (Å²) in [5.41, 5.74) is 1.63. The number of sulfonamides is 1. The first-order chi connectivity index (χ1) is 14.7. The Bertz CT molecular complexity index is 1170. The van der Waals surface area contributed by atoms with Gasteiger partial charge in [-0.15, -0.1) is 0 Å². The van der Waals surface area contributed by atoms with Crippen LogP contribution in [0.2, 0.25) is 0 Å². The van der Waals surface area contributed by atoms with E-state index >= 15 is 0 Å². The average Bonchev–Trinajstić information content (AvgIpc) is 2.76. The number of carboxylic acids is 1. The molecule has 0 bridgehead atoms. The molecule has 3 rings (SSSR count). The SMILES string of the molecule is COc1nc(C)cnc1N(c1ccc(CC(C)C(=O)O)cc1)S(=O)(=O)c1cccnc1. The number of aryl methyl sites for hydroxylation is 1. The van der Waals surface area contributed by atoms with Gasteiger partial charge in [-0.1, -0.05) is 19.1 Å². The minimum absolute atomic E-state index is 0.00334. The largest absolute Gasteiger partial charge is 0.481 e. The van der Waals surface area contributed by atoms with Crippen LogP contribution in [0, 0.1) is 12.8 Å². The number of nitrogens with zero attached hydrogens (tertiary/aromatic N) is 4. The lowest BCUT2D eigenvalue weighted by molar-refractivity contribution is -0.141. The van der Waals surface area contributed by atoms with Crippen LogP contribution in [-0.2, 0) is 21.2 Å². The molecule has 0 fully saturated rings. The first-order valence-corrected chi connectivity index (χ1v) is 10.8. The number of pyridine rings is 1. The molecule has 1 aromatic carbocycles. The van der Waals surface area contributed by atoms with Gasteiger partial charge in [0, 0.05) is 12.4 Å². The van der Waals surface area contributed by atoms with Crippen LogP contribution < -0.4 is 9.04 Å². The van der Waals surface area contributed by atoms with E-state index in [9.17, 15) is 13.2 Å². The molecule has 0 radical (unpaired) electrons. The summed E-state index contributed by atoms with van der Waals surface area (Å²) in [6.07, 6.45) is 4.50. The number of ether oxygens (including phenoxy) is 1. The number of aromatic nitrogens is 3. The van der Waals surface area contributed by atoms with E-state index in [-0.39, 0.29) is 16.6 Å². The molecule has 1 unspecified atom stereocenters. The van der Waals surface area contributed by atoms with Crippen LogP contribution >= 0.6 is 0 Å². The molecule has 0 saturated heterocycles. The van der Waals surface area contributed by atoms with Crippen LogP contribution in [-0.4, -0.2) is 41.6 Å². The van der Waals surface area contributed by atoms with Gasteiger partial charge in [0.2, 0.25) is 5.82 Å². The van der Waals surface area contributed by atoms with Gasteiger partial charge in [0.25, 0.3) is 15.9 Å². The van der Waals surface area contributed by atoms with Gasteiger partial charge in [0.05, 0.1) is 30.6 Å². The highest BCUT2D eigenvalue weighted by Crippen LogP contribution is 2.36. The molecule has 0 aliphatic heterocycles. The number of rotatable bonds is 8. The Balaban J connectivity index is 2.12. The van der Waals surface area contributed by atoms with E-state index in [1.807, 2.05) is 0 Å². The Morgan fingerprint density at radius 1 is 1.19 bits per heavy atom. The zero-order valence-corrected chi connectivity index (χ0v) is 18.1. The van der Waals surface area contributed by atoms with Gasteiger partial charge in [0.15, 0.2) is 0 Å². The lowest BCUT2D eigenvalue weighted by atomic mass is 10.0. The fourth-order valence-corrected chi connectivity index (χ4v) is 4.32. The van der Waals surface area contributed by atoms with Gasteiger partial charge in [-0.3, -0.25) is 9.78 Å². The van der Waals surface area contributed by atoms with Crippen molar-refractivity contribution in [2.45, 2.75) is 25.2 Å². The fourth-order valence-electron chi connectivity index (χ4n) is 2.91. The third kappa shape index (κ3) is 4.80. The molecular weight excluding hydrogens is 420 g/mol. The lowest BCUT2D eigenvalue weighted by Crippen LogP contribution is -2.28. The number of aliphatic carboxylic acids is 1. The third-order valence-corrected chi connectivity index (χ3v) is 6.24. The van der Waals surface area contributed by atoms with Crippen molar-refractivity contribution >= 4 is 27.5 Å². The molecule has 0 saturated carbocycles. The van der Waals surface area contributed by atoms with Gasteiger partial charge >= 0.3 is 5.97 Å². The zero-order chi connectivity index (χ0) is 22.6. The maximum atomic E-state index is 13.5. The number of hydrogen-bond acceptors (Lipinski definition) is 7. The summed E-state index contributed by atoms with van der Waals surface area (Å²) in [6.45, 7) is 3.33. The summed E-state index contributed by atoms with van der Waals surface area (Å²) < 4.78 is 33.4. The van der Waals surface area contributed by atoms with Gasteiger partial charge in [0.1, 0.15) is 4.90 Å². The molecule has 1 atom stereocenters. The maximum Gasteiger partial charge on any atom is 0.306 e. The van der Waals surface area contributed by atoms with E-state index in [1.54, 1.807) is 38.1 Å². The third-order valence-electron chi connectivity index (χ3n) is 4.54. The van der Waals surface area contributed by atoms with Gasteiger partial charge in [-0.05, 0) is 43.2 Å². The van der Waals surface area contributed by atoms with Crippen molar-refractivity contribution in [1.82, 2.24) is 15.0 Å². The van der Waals surface area contributed by atoms with Crippen molar-refractivity contribution in [3.63, 3.8) is 0 Å². The highest BCUT2D eigenvalue weighted by Gasteiger charge is 2.31. The molecule has 0 aliphatic carbocycles. The first kappa shape index (κ1) is 22.2. The summed E-state index contributed by atoms with van der Waals surface area (Å²) in [5, 5.41) is 9.13. The minimum Gasteiger partial charge on any atom is -0.481 e. The smallest absolute Gasteiger partial charge is 0.306 e. The van der Waals surface area contributed by atoms with E-state index in [1.165, 1.54) is 37.8 Å². The number of carboxylic acid groups (broad SMARTS) is 1.